The molecule has 9 heavy (non-hydrogen) atoms. The van der Waals surface area contributed by atoms with E-state index in [4.69, 9.17) is 22.1 Å². The molecule has 0 amide bonds. The van der Waals surface area contributed by atoms with E-state index in [1.807, 2.05) is 0 Å². The van der Waals surface area contributed by atoms with E-state index in [0.29, 0.717) is 5.03 Å². The Morgan fingerprint density at radius 1 is 1.67 bits per heavy atom. The number of hydrogen-bond donors (Lipinski definition) is 1. The fraction of sp³-hybridized carbons (Fsp3) is 0.200. The van der Waals surface area contributed by atoms with Crippen LogP contribution in [0, 0.1) is 0 Å². The van der Waals surface area contributed by atoms with Crippen molar-refractivity contribution in [2.75, 3.05) is 0 Å². The molecule has 55 valence electrons. The second-order valence-corrected chi connectivity index (χ2v) is 1.87. The summed E-state index contributed by atoms with van der Waals surface area (Å²) in [6, 6.07) is 0. The van der Waals surface area contributed by atoms with Gasteiger partial charge in [-0.1, -0.05) is 11.6 Å². The topological polar surface area (TPSA) is 35.2 Å². The summed E-state index contributed by atoms with van der Waals surface area (Å²) < 4.78 is 4.79. The van der Waals surface area contributed by atoms with Gasteiger partial charge in [0.05, 0.1) is 11.3 Å². The van der Waals surface area contributed by atoms with Crippen LogP contribution in [-0.4, -0.2) is 6.23 Å². The Bertz CT molecular complexity index is 146. The Morgan fingerprint density at radius 3 is 2.67 bits per heavy atom. The van der Waals surface area contributed by atoms with Gasteiger partial charge in [0, 0.05) is 17.1 Å². The number of rotatable bonds is 0. The van der Waals surface area contributed by atoms with Crippen LogP contribution in [0.25, 0.3) is 0 Å². The molecule has 4 heteroatoms. The third kappa shape index (κ3) is 2.41. The molecule has 0 aromatic carbocycles. The second kappa shape index (κ2) is 3.96. The molecule has 0 bridgehead atoms. The van der Waals surface area contributed by atoms with Gasteiger partial charge in [-0.3, -0.25) is 5.73 Å². The van der Waals surface area contributed by atoms with Crippen molar-refractivity contribution in [2.45, 2.75) is 6.23 Å². The molecule has 0 saturated heterocycles. The Kier molecular flexibility index (Phi) is 3.98. The van der Waals surface area contributed by atoms with Gasteiger partial charge in [0.1, 0.15) is 0 Å². The summed E-state index contributed by atoms with van der Waals surface area (Å²) in [6.45, 7) is 0. The van der Waals surface area contributed by atoms with Crippen LogP contribution in [0.3, 0.4) is 0 Å². The van der Waals surface area contributed by atoms with Crippen molar-refractivity contribution in [1.29, 1.82) is 0 Å². The van der Waals surface area contributed by atoms with Gasteiger partial charge in [0.15, 0.2) is 6.23 Å². The fourth-order valence-electron chi connectivity index (χ4n) is 0.421. The first-order chi connectivity index (χ1) is 3.80. The van der Waals surface area contributed by atoms with Crippen LogP contribution < -0.4 is 5.73 Å². The molecule has 2 nitrogen and oxygen atoms in total. The van der Waals surface area contributed by atoms with E-state index in [0.717, 1.165) is 0 Å². The maximum atomic E-state index is 5.53. The molecule has 1 atom stereocenters. The minimum absolute atomic E-state index is 0. The van der Waals surface area contributed by atoms with Gasteiger partial charge in [-0.2, -0.15) is 0 Å². The maximum Gasteiger partial charge on any atom is 0.183 e. The minimum atomic E-state index is -0.457. The summed E-state index contributed by atoms with van der Waals surface area (Å²) in [5.74, 6) is 0. The number of hydrogen-bond acceptors (Lipinski definition) is 2. The number of ether oxygens (including phenoxy) is 1. The van der Waals surface area contributed by atoms with E-state index in [1.54, 1.807) is 12.2 Å². The Hall–Kier alpha value is 0.0495. The van der Waals surface area contributed by atoms with E-state index in [-0.39, 0.29) is 17.1 Å². The molecular formula is C5H6ClCuNO. The Morgan fingerprint density at radius 2 is 2.33 bits per heavy atom. The Balaban J connectivity index is 0.000000640. The van der Waals surface area contributed by atoms with Crippen LogP contribution in [0.1, 0.15) is 0 Å². The summed E-state index contributed by atoms with van der Waals surface area (Å²) >= 11 is 5.53. The van der Waals surface area contributed by atoms with Crippen molar-refractivity contribution in [3.05, 3.63) is 23.4 Å². The third-order valence-corrected chi connectivity index (χ3v) is 1.17. The van der Waals surface area contributed by atoms with E-state index < -0.39 is 6.23 Å². The molecule has 0 fully saturated rings. The third-order valence-electron chi connectivity index (χ3n) is 0.831. The summed E-state index contributed by atoms with van der Waals surface area (Å²) in [4.78, 5) is 0. The zero-order valence-corrected chi connectivity index (χ0v) is 6.17. The van der Waals surface area contributed by atoms with Gasteiger partial charge >= 0.3 is 0 Å². The Labute approximate surface area is 69.2 Å². The molecule has 0 spiro atoms. The van der Waals surface area contributed by atoms with Crippen LogP contribution in [0.2, 0.25) is 0 Å². The average Bonchev–Trinajstić information content (AvgIpc) is 1.77. The first kappa shape index (κ1) is 9.05. The molecule has 1 aliphatic heterocycles. The van der Waals surface area contributed by atoms with Gasteiger partial charge in [-0.15, -0.1) is 0 Å². The standard InChI is InChI=1S/C5H6ClNO.Cu/c6-4-2-1-3-8-5(4)7;/h1-3,5H,7H2;. The monoisotopic (exact) mass is 194 g/mol. The zero-order valence-electron chi connectivity index (χ0n) is 4.47. The van der Waals surface area contributed by atoms with Crippen LogP contribution >= 0.6 is 11.6 Å². The van der Waals surface area contributed by atoms with Crippen LogP contribution in [0.15, 0.2) is 23.4 Å². The molecule has 1 radical (unpaired) electrons. The van der Waals surface area contributed by atoms with Gasteiger partial charge in [-0.05, 0) is 12.2 Å². The van der Waals surface area contributed by atoms with Crippen molar-refractivity contribution in [1.82, 2.24) is 0 Å². The fourth-order valence-corrected chi connectivity index (χ4v) is 0.545. The van der Waals surface area contributed by atoms with Crippen molar-refractivity contribution in [2.24, 2.45) is 5.73 Å². The quantitative estimate of drug-likeness (QED) is 0.583. The molecule has 2 N–H and O–H groups in total. The predicted molar refractivity (Wildman–Crippen MR) is 32.1 cm³/mol. The maximum absolute atomic E-state index is 5.53. The van der Waals surface area contributed by atoms with Crippen molar-refractivity contribution >= 4 is 11.6 Å². The van der Waals surface area contributed by atoms with Crippen molar-refractivity contribution < 1.29 is 21.8 Å². The van der Waals surface area contributed by atoms with Gasteiger partial charge < -0.3 is 4.74 Å². The van der Waals surface area contributed by atoms with E-state index in [1.165, 1.54) is 6.26 Å². The molecule has 0 aliphatic carbocycles. The summed E-state index contributed by atoms with van der Waals surface area (Å²) in [6.07, 6.45) is 4.46. The largest absolute Gasteiger partial charge is 0.478 e. The molecule has 1 aliphatic rings. The van der Waals surface area contributed by atoms with Crippen LogP contribution in [0.5, 0.6) is 0 Å². The molecular weight excluding hydrogens is 189 g/mol. The number of allylic oxidation sites excluding steroid dienone is 2. The van der Waals surface area contributed by atoms with Gasteiger partial charge in [-0.25, -0.2) is 0 Å². The van der Waals surface area contributed by atoms with E-state index in [9.17, 15) is 0 Å². The SMILES string of the molecule is NC1OC=CC=C1Cl.[Cu]. The summed E-state index contributed by atoms with van der Waals surface area (Å²) in [5.41, 5.74) is 5.30. The molecule has 1 rings (SSSR count). The summed E-state index contributed by atoms with van der Waals surface area (Å²) in [5, 5.41) is 0.535. The predicted octanol–water partition coefficient (Wildman–Crippen LogP) is 0.935. The minimum Gasteiger partial charge on any atom is -0.478 e. The first-order valence-corrected chi connectivity index (χ1v) is 2.62. The smallest absolute Gasteiger partial charge is 0.183 e. The molecule has 0 aromatic rings. The molecule has 0 saturated carbocycles. The molecule has 0 aromatic heterocycles. The van der Waals surface area contributed by atoms with Crippen LogP contribution in [0.4, 0.5) is 0 Å². The van der Waals surface area contributed by atoms with Crippen LogP contribution in [-0.2, 0) is 21.8 Å². The summed E-state index contributed by atoms with van der Waals surface area (Å²) in [7, 11) is 0. The second-order valence-electron chi connectivity index (χ2n) is 1.44. The molecule has 1 unspecified atom stereocenters. The van der Waals surface area contributed by atoms with Crippen molar-refractivity contribution in [3.63, 3.8) is 0 Å². The molecule has 1 heterocycles. The van der Waals surface area contributed by atoms with Crippen molar-refractivity contribution in [3.8, 4) is 0 Å². The van der Waals surface area contributed by atoms with Gasteiger partial charge in [0.25, 0.3) is 0 Å². The van der Waals surface area contributed by atoms with E-state index in [2.05, 4.69) is 0 Å². The van der Waals surface area contributed by atoms with Gasteiger partial charge in [0.2, 0.25) is 0 Å². The average molecular weight is 195 g/mol. The normalized spacial score (nSPS) is 23.8. The number of nitrogens with two attached hydrogens (primary N) is 1. The van der Waals surface area contributed by atoms with E-state index >= 15 is 0 Å². The number of halogens is 1. The first-order valence-electron chi connectivity index (χ1n) is 2.24. The zero-order chi connectivity index (χ0) is 5.98.